The minimum absolute atomic E-state index is 0.0692. The van der Waals surface area contributed by atoms with E-state index in [1.807, 2.05) is 6.07 Å². The predicted molar refractivity (Wildman–Crippen MR) is 65.6 cm³/mol. The summed E-state index contributed by atoms with van der Waals surface area (Å²) in [5.41, 5.74) is 2.74. The molecule has 0 aliphatic rings. The molecule has 0 aliphatic heterocycles. The van der Waals surface area contributed by atoms with E-state index < -0.39 is 5.97 Å². The highest BCUT2D eigenvalue weighted by molar-refractivity contribution is 5.89. The van der Waals surface area contributed by atoms with Gasteiger partial charge < -0.3 is 15.2 Å². The lowest BCUT2D eigenvalue weighted by atomic mass is 9.95. The first-order valence-electron chi connectivity index (χ1n) is 5.64. The Morgan fingerprint density at radius 2 is 2.22 bits per heavy atom. The maximum Gasteiger partial charge on any atom is 0.335 e. The number of carboxylic acid groups (broad SMARTS) is 1. The van der Waals surface area contributed by atoms with Gasteiger partial charge in [-0.2, -0.15) is 0 Å². The van der Waals surface area contributed by atoms with Gasteiger partial charge in [0.1, 0.15) is 0 Å². The Kier molecular flexibility index (Phi) is 3.74. The summed E-state index contributed by atoms with van der Waals surface area (Å²) in [6, 6.07) is 5.15. The molecule has 0 amide bonds. The number of nitrogens with one attached hydrogen (secondary N) is 1. The van der Waals surface area contributed by atoms with Crippen molar-refractivity contribution in [2.24, 2.45) is 0 Å². The van der Waals surface area contributed by atoms with E-state index in [-0.39, 0.29) is 12.2 Å². The number of hydrogen-bond donors (Lipinski definition) is 3. The zero-order chi connectivity index (χ0) is 13.0. The van der Waals surface area contributed by atoms with E-state index in [4.69, 9.17) is 10.2 Å². The Balaban J connectivity index is 2.39. The van der Waals surface area contributed by atoms with Gasteiger partial charge in [-0.1, -0.05) is 12.1 Å². The van der Waals surface area contributed by atoms with Gasteiger partial charge >= 0.3 is 5.97 Å². The third kappa shape index (κ3) is 2.57. The normalized spacial score (nSPS) is 10.5. The summed E-state index contributed by atoms with van der Waals surface area (Å²) in [6.07, 6.45) is 4.21. The molecule has 3 N–H and O–H groups in total. The van der Waals surface area contributed by atoms with Crippen LogP contribution in [0.4, 0.5) is 0 Å². The number of carboxylic acids is 1. The molecule has 0 spiro atoms. The summed E-state index contributed by atoms with van der Waals surface area (Å²) in [5, 5.41) is 18.2. The second-order valence-corrected chi connectivity index (χ2v) is 3.98. The lowest BCUT2D eigenvalue weighted by Gasteiger charge is -2.11. The lowest BCUT2D eigenvalue weighted by molar-refractivity contribution is 0.0695. The van der Waals surface area contributed by atoms with E-state index >= 15 is 0 Å². The monoisotopic (exact) mass is 246 g/mol. The van der Waals surface area contributed by atoms with Crippen molar-refractivity contribution in [3.63, 3.8) is 0 Å². The number of carbonyl (C=O) groups is 1. The summed E-state index contributed by atoms with van der Waals surface area (Å²) in [7, 11) is 0. The van der Waals surface area contributed by atoms with E-state index in [1.165, 1.54) is 0 Å². The number of aromatic amines is 1. The van der Waals surface area contributed by atoms with Crippen LogP contribution in [0.1, 0.15) is 27.2 Å². The number of aromatic nitrogens is 2. The van der Waals surface area contributed by atoms with Gasteiger partial charge in [-0.05, 0) is 23.6 Å². The Morgan fingerprint density at radius 1 is 1.39 bits per heavy atom. The van der Waals surface area contributed by atoms with Crippen molar-refractivity contribution >= 4 is 5.97 Å². The van der Waals surface area contributed by atoms with Crippen LogP contribution in [0, 0.1) is 0 Å². The average molecular weight is 246 g/mol. The molecule has 1 aromatic heterocycles. The van der Waals surface area contributed by atoms with Gasteiger partial charge in [0.15, 0.2) is 0 Å². The van der Waals surface area contributed by atoms with Crippen molar-refractivity contribution in [1.82, 2.24) is 9.97 Å². The van der Waals surface area contributed by atoms with Crippen molar-refractivity contribution in [3.05, 3.63) is 53.1 Å². The standard InChI is InChI=1S/C13H14N2O3/c16-5-4-11-9(6-10-7-14-8-15-10)2-1-3-12(11)13(17)18/h1-3,7-8,16H,4-6H2,(H,14,15)(H,17,18). The van der Waals surface area contributed by atoms with Crippen molar-refractivity contribution < 1.29 is 15.0 Å². The van der Waals surface area contributed by atoms with Gasteiger partial charge in [0, 0.05) is 24.9 Å². The molecule has 0 fully saturated rings. The van der Waals surface area contributed by atoms with Crippen LogP contribution in [0.2, 0.25) is 0 Å². The number of benzene rings is 1. The Morgan fingerprint density at radius 3 is 2.83 bits per heavy atom. The third-order valence-electron chi connectivity index (χ3n) is 2.80. The largest absolute Gasteiger partial charge is 0.478 e. The lowest BCUT2D eigenvalue weighted by Crippen LogP contribution is -2.08. The fraction of sp³-hybridized carbons (Fsp3) is 0.231. The number of rotatable bonds is 5. The molecule has 1 aromatic carbocycles. The fourth-order valence-corrected chi connectivity index (χ4v) is 1.99. The summed E-state index contributed by atoms with van der Waals surface area (Å²) >= 11 is 0. The number of aliphatic hydroxyl groups is 1. The van der Waals surface area contributed by atoms with E-state index in [2.05, 4.69) is 9.97 Å². The molecule has 0 saturated heterocycles. The van der Waals surface area contributed by atoms with Crippen LogP contribution in [0.5, 0.6) is 0 Å². The van der Waals surface area contributed by atoms with Gasteiger partial charge in [0.25, 0.3) is 0 Å². The van der Waals surface area contributed by atoms with Crippen molar-refractivity contribution in [2.45, 2.75) is 12.8 Å². The van der Waals surface area contributed by atoms with E-state index in [0.717, 1.165) is 11.3 Å². The average Bonchev–Trinajstić information content (AvgIpc) is 2.84. The van der Waals surface area contributed by atoms with Crippen molar-refractivity contribution in [1.29, 1.82) is 0 Å². The topological polar surface area (TPSA) is 86.2 Å². The highest BCUT2D eigenvalue weighted by Gasteiger charge is 2.13. The molecule has 18 heavy (non-hydrogen) atoms. The molecule has 1 heterocycles. The molecule has 0 aliphatic carbocycles. The first-order valence-corrected chi connectivity index (χ1v) is 5.64. The molecule has 0 unspecified atom stereocenters. The second-order valence-electron chi connectivity index (χ2n) is 3.98. The zero-order valence-electron chi connectivity index (χ0n) is 9.76. The molecule has 0 bridgehead atoms. The number of aromatic carboxylic acids is 1. The molecule has 2 rings (SSSR count). The minimum Gasteiger partial charge on any atom is -0.478 e. The molecular formula is C13H14N2O3. The molecule has 94 valence electrons. The van der Waals surface area contributed by atoms with Crippen LogP contribution in [0.3, 0.4) is 0 Å². The van der Waals surface area contributed by atoms with Gasteiger partial charge in [0.05, 0.1) is 11.9 Å². The maximum atomic E-state index is 11.1. The number of hydrogen-bond acceptors (Lipinski definition) is 3. The van der Waals surface area contributed by atoms with Crippen LogP contribution in [-0.2, 0) is 12.8 Å². The highest BCUT2D eigenvalue weighted by atomic mass is 16.4. The van der Waals surface area contributed by atoms with E-state index in [0.29, 0.717) is 18.4 Å². The summed E-state index contributed by atoms with van der Waals surface area (Å²) in [6.45, 7) is -0.0692. The van der Waals surface area contributed by atoms with Crippen LogP contribution >= 0.6 is 0 Å². The molecule has 0 saturated carbocycles. The number of H-pyrrole nitrogens is 1. The third-order valence-corrected chi connectivity index (χ3v) is 2.80. The molecule has 5 nitrogen and oxygen atoms in total. The molecule has 0 atom stereocenters. The van der Waals surface area contributed by atoms with Gasteiger partial charge in [-0.25, -0.2) is 9.78 Å². The second kappa shape index (κ2) is 5.46. The van der Waals surface area contributed by atoms with E-state index in [1.54, 1.807) is 24.7 Å². The zero-order valence-corrected chi connectivity index (χ0v) is 9.76. The van der Waals surface area contributed by atoms with Gasteiger partial charge in [0.2, 0.25) is 0 Å². The van der Waals surface area contributed by atoms with Crippen LogP contribution in [0.25, 0.3) is 0 Å². The van der Waals surface area contributed by atoms with Gasteiger partial charge in [-0.3, -0.25) is 0 Å². The summed E-state index contributed by atoms with van der Waals surface area (Å²) in [5.74, 6) is -0.968. The summed E-state index contributed by atoms with van der Waals surface area (Å²) in [4.78, 5) is 18.1. The number of nitrogens with zero attached hydrogens (tertiary/aromatic N) is 1. The Labute approximate surface area is 104 Å². The fourth-order valence-electron chi connectivity index (χ4n) is 1.99. The quantitative estimate of drug-likeness (QED) is 0.740. The van der Waals surface area contributed by atoms with Crippen LogP contribution in [0.15, 0.2) is 30.7 Å². The minimum atomic E-state index is -0.968. The predicted octanol–water partition coefficient (Wildman–Crippen LogP) is 1.23. The molecule has 2 aromatic rings. The first-order chi connectivity index (χ1) is 8.72. The molecule has 5 heteroatoms. The highest BCUT2D eigenvalue weighted by Crippen LogP contribution is 2.18. The van der Waals surface area contributed by atoms with Crippen molar-refractivity contribution in [2.75, 3.05) is 6.61 Å². The summed E-state index contributed by atoms with van der Waals surface area (Å²) < 4.78 is 0. The Hall–Kier alpha value is -2.14. The maximum absolute atomic E-state index is 11.1. The van der Waals surface area contributed by atoms with Gasteiger partial charge in [-0.15, -0.1) is 0 Å². The first kappa shape index (κ1) is 12.3. The number of aliphatic hydroxyl groups excluding tert-OH is 1. The molecular weight excluding hydrogens is 232 g/mol. The number of imidazole rings is 1. The van der Waals surface area contributed by atoms with Crippen LogP contribution < -0.4 is 0 Å². The SMILES string of the molecule is O=C(O)c1cccc(Cc2cnc[nH]2)c1CCO. The van der Waals surface area contributed by atoms with E-state index in [9.17, 15) is 4.79 Å². The smallest absolute Gasteiger partial charge is 0.335 e. The van der Waals surface area contributed by atoms with Crippen molar-refractivity contribution in [3.8, 4) is 0 Å². The molecule has 0 radical (unpaired) electrons. The van der Waals surface area contributed by atoms with Crippen LogP contribution in [-0.4, -0.2) is 32.8 Å². The Bertz CT molecular complexity index is 535.